The average Bonchev–Trinajstić information content (AvgIpc) is 2.74. The molecule has 6 nitrogen and oxygen atoms in total. The highest BCUT2D eigenvalue weighted by Crippen LogP contribution is 2.16. The van der Waals surface area contributed by atoms with Crippen molar-refractivity contribution in [3.8, 4) is 11.5 Å². The number of carbonyl (C=O) groups excluding carboxylic acids is 2. The number of ether oxygens (including phenoxy) is 2. The van der Waals surface area contributed by atoms with Gasteiger partial charge in [-0.1, -0.05) is 44.2 Å². The first kappa shape index (κ1) is 22.3. The predicted molar refractivity (Wildman–Crippen MR) is 113 cm³/mol. The average molecular weight is 399 g/mol. The van der Waals surface area contributed by atoms with Crippen molar-refractivity contribution >= 4 is 11.8 Å². The maximum atomic E-state index is 12.9. The Hall–Kier alpha value is -3.02. The van der Waals surface area contributed by atoms with E-state index in [1.807, 2.05) is 56.3 Å². The molecule has 1 atom stereocenters. The van der Waals surface area contributed by atoms with Gasteiger partial charge in [0.05, 0.1) is 7.11 Å². The summed E-state index contributed by atoms with van der Waals surface area (Å²) >= 11 is 0. The quantitative estimate of drug-likeness (QED) is 0.667. The molecule has 0 saturated heterocycles. The molecule has 0 bridgehead atoms. The highest BCUT2D eigenvalue weighted by Gasteiger charge is 2.26. The van der Waals surface area contributed by atoms with E-state index < -0.39 is 6.04 Å². The zero-order chi connectivity index (χ0) is 21.2. The predicted octanol–water partition coefficient (Wildman–Crippen LogP) is 3.26. The molecule has 156 valence electrons. The van der Waals surface area contributed by atoms with Crippen molar-refractivity contribution in [2.24, 2.45) is 5.92 Å². The van der Waals surface area contributed by atoms with Crippen LogP contribution in [0.4, 0.5) is 0 Å². The van der Waals surface area contributed by atoms with E-state index in [0.717, 1.165) is 11.3 Å². The van der Waals surface area contributed by atoms with Crippen molar-refractivity contribution in [3.05, 3.63) is 60.2 Å². The fraction of sp³-hybridized carbons (Fsp3) is 0.391. The van der Waals surface area contributed by atoms with Crippen LogP contribution >= 0.6 is 0 Å². The number of nitrogens with one attached hydrogen (secondary N) is 1. The van der Waals surface area contributed by atoms with Crippen LogP contribution in [0.1, 0.15) is 26.3 Å². The molecule has 2 amide bonds. The summed E-state index contributed by atoms with van der Waals surface area (Å²) in [6.07, 6.45) is 0. The Morgan fingerprint density at radius 2 is 1.62 bits per heavy atom. The van der Waals surface area contributed by atoms with E-state index in [0.29, 0.717) is 24.8 Å². The number of amides is 2. The van der Waals surface area contributed by atoms with Crippen molar-refractivity contribution in [1.29, 1.82) is 0 Å². The lowest BCUT2D eigenvalue weighted by Gasteiger charge is -2.29. The minimum absolute atomic E-state index is 0.137. The molecule has 1 N–H and O–H groups in total. The van der Waals surface area contributed by atoms with Crippen LogP contribution in [0.25, 0.3) is 0 Å². The first-order valence-electron chi connectivity index (χ1n) is 9.78. The molecule has 29 heavy (non-hydrogen) atoms. The molecule has 0 aliphatic carbocycles. The first-order chi connectivity index (χ1) is 13.9. The van der Waals surface area contributed by atoms with Gasteiger partial charge in [-0.05, 0) is 42.7 Å². The van der Waals surface area contributed by atoms with E-state index >= 15 is 0 Å². The second-order valence-corrected chi connectivity index (χ2v) is 7.29. The summed E-state index contributed by atoms with van der Waals surface area (Å²) in [7, 11) is 1.60. The Morgan fingerprint density at radius 3 is 2.21 bits per heavy atom. The van der Waals surface area contributed by atoms with Crippen molar-refractivity contribution in [3.63, 3.8) is 0 Å². The summed E-state index contributed by atoms with van der Waals surface area (Å²) in [4.78, 5) is 27.1. The molecule has 2 aromatic carbocycles. The monoisotopic (exact) mass is 398 g/mol. The van der Waals surface area contributed by atoms with Gasteiger partial charge < -0.3 is 19.7 Å². The topological polar surface area (TPSA) is 67.9 Å². The summed E-state index contributed by atoms with van der Waals surface area (Å²) in [6, 6.07) is 16.0. The molecule has 0 radical (unpaired) electrons. The Morgan fingerprint density at radius 1 is 0.966 bits per heavy atom. The molecule has 0 spiro atoms. The van der Waals surface area contributed by atoms with Gasteiger partial charge in [-0.15, -0.1) is 0 Å². The third kappa shape index (κ3) is 7.14. The Bertz CT molecular complexity index is 775. The van der Waals surface area contributed by atoms with Crippen molar-refractivity contribution in [1.82, 2.24) is 10.2 Å². The number of nitrogens with zero attached hydrogens (tertiary/aromatic N) is 1. The minimum Gasteiger partial charge on any atom is -0.497 e. The summed E-state index contributed by atoms with van der Waals surface area (Å²) in [5, 5.41) is 2.90. The number of methoxy groups -OCH3 is 1. The standard InChI is InChI=1S/C23H30N2O4/c1-17(2)14-24-23(27)18(3)25(15-19-10-12-20(28-4)13-11-19)22(26)16-29-21-8-6-5-7-9-21/h5-13,17-18H,14-16H2,1-4H3,(H,24,27). The fourth-order valence-corrected chi connectivity index (χ4v) is 2.71. The summed E-state index contributed by atoms with van der Waals surface area (Å²) in [6.45, 7) is 6.52. The molecule has 1 unspecified atom stereocenters. The lowest BCUT2D eigenvalue weighted by atomic mass is 10.1. The molecular weight excluding hydrogens is 368 g/mol. The minimum atomic E-state index is -0.622. The van der Waals surface area contributed by atoms with E-state index in [4.69, 9.17) is 9.47 Å². The third-order valence-corrected chi connectivity index (χ3v) is 4.47. The SMILES string of the molecule is COc1ccc(CN(C(=O)COc2ccccc2)C(C)C(=O)NCC(C)C)cc1. The van der Waals surface area contributed by atoms with E-state index in [1.54, 1.807) is 31.1 Å². The molecule has 0 saturated carbocycles. The summed E-state index contributed by atoms with van der Waals surface area (Å²) in [5.74, 6) is 1.25. The molecule has 2 rings (SSSR count). The van der Waals surface area contributed by atoms with Gasteiger partial charge in [-0.25, -0.2) is 0 Å². The maximum absolute atomic E-state index is 12.9. The third-order valence-electron chi connectivity index (χ3n) is 4.47. The van der Waals surface area contributed by atoms with Crippen LogP contribution in [0, 0.1) is 5.92 Å². The second kappa shape index (κ2) is 11.1. The smallest absolute Gasteiger partial charge is 0.261 e. The number of hydrogen-bond acceptors (Lipinski definition) is 4. The Balaban J connectivity index is 2.11. The number of rotatable bonds is 10. The lowest BCUT2D eigenvalue weighted by molar-refractivity contribution is -0.142. The normalized spacial score (nSPS) is 11.6. The highest BCUT2D eigenvalue weighted by molar-refractivity contribution is 5.87. The highest BCUT2D eigenvalue weighted by atomic mass is 16.5. The largest absolute Gasteiger partial charge is 0.497 e. The molecule has 2 aromatic rings. The van der Waals surface area contributed by atoms with Crippen LogP contribution in [0.3, 0.4) is 0 Å². The van der Waals surface area contributed by atoms with E-state index in [-0.39, 0.29) is 18.4 Å². The maximum Gasteiger partial charge on any atom is 0.261 e. The van der Waals surface area contributed by atoms with Gasteiger partial charge in [0, 0.05) is 13.1 Å². The van der Waals surface area contributed by atoms with Crippen LogP contribution in [0.5, 0.6) is 11.5 Å². The summed E-state index contributed by atoms with van der Waals surface area (Å²) in [5.41, 5.74) is 0.905. The van der Waals surface area contributed by atoms with Gasteiger partial charge in [0.1, 0.15) is 17.5 Å². The van der Waals surface area contributed by atoms with Crippen LogP contribution < -0.4 is 14.8 Å². The van der Waals surface area contributed by atoms with Crippen molar-refractivity contribution in [2.45, 2.75) is 33.4 Å². The number of para-hydroxylation sites is 1. The van der Waals surface area contributed by atoms with Crippen LogP contribution in [-0.4, -0.2) is 43.0 Å². The number of benzene rings is 2. The van der Waals surface area contributed by atoms with Gasteiger partial charge in [0.15, 0.2) is 6.61 Å². The van der Waals surface area contributed by atoms with Gasteiger partial charge in [-0.3, -0.25) is 9.59 Å². The number of hydrogen-bond donors (Lipinski definition) is 1. The molecule has 0 aliphatic heterocycles. The first-order valence-corrected chi connectivity index (χ1v) is 9.78. The van der Waals surface area contributed by atoms with Gasteiger partial charge in [0.25, 0.3) is 5.91 Å². The number of carbonyl (C=O) groups is 2. The van der Waals surface area contributed by atoms with Crippen LogP contribution in [-0.2, 0) is 16.1 Å². The van der Waals surface area contributed by atoms with Crippen molar-refractivity contribution < 1.29 is 19.1 Å². The van der Waals surface area contributed by atoms with E-state index in [2.05, 4.69) is 5.32 Å². The second-order valence-electron chi connectivity index (χ2n) is 7.29. The Kier molecular flexibility index (Phi) is 8.52. The zero-order valence-electron chi connectivity index (χ0n) is 17.6. The molecule has 6 heteroatoms. The van der Waals surface area contributed by atoms with E-state index in [9.17, 15) is 9.59 Å². The summed E-state index contributed by atoms with van der Waals surface area (Å²) < 4.78 is 10.8. The van der Waals surface area contributed by atoms with E-state index in [1.165, 1.54) is 0 Å². The van der Waals surface area contributed by atoms with Gasteiger partial charge in [0.2, 0.25) is 5.91 Å². The molecular formula is C23H30N2O4. The van der Waals surface area contributed by atoms with Crippen LogP contribution in [0.2, 0.25) is 0 Å². The van der Waals surface area contributed by atoms with Gasteiger partial charge in [-0.2, -0.15) is 0 Å². The lowest BCUT2D eigenvalue weighted by Crippen LogP contribution is -2.49. The van der Waals surface area contributed by atoms with Crippen molar-refractivity contribution in [2.75, 3.05) is 20.3 Å². The fourth-order valence-electron chi connectivity index (χ4n) is 2.71. The molecule has 0 fully saturated rings. The molecule has 0 heterocycles. The molecule has 0 aromatic heterocycles. The Labute approximate surface area is 172 Å². The van der Waals surface area contributed by atoms with Gasteiger partial charge >= 0.3 is 0 Å². The van der Waals surface area contributed by atoms with Crippen LogP contribution in [0.15, 0.2) is 54.6 Å². The molecule has 0 aliphatic rings. The zero-order valence-corrected chi connectivity index (χ0v) is 17.6.